The van der Waals surface area contributed by atoms with Crippen LogP contribution in [0.4, 0.5) is 0 Å². The Morgan fingerprint density at radius 3 is 2.37 bits per heavy atom. The van der Waals surface area contributed by atoms with Gasteiger partial charge >= 0.3 is 5.97 Å². The van der Waals surface area contributed by atoms with E-state index in [9.17, 15) is 15.0 Å². The van der Waals surface area contributed by atoms with Gasteiger partial charge in [-0.05, 0) is 92.8 Å². The Kier molecular flexibility index (Phi) is 7.89. The highest BCUT2D eigenvalue weighted by molar-refractivity contribution is 5.66. The fraction of sp³-hybridized carbons (Fsp3) is 0.912. The van der Waals surface area contributed by atoms with Gasteiger partial charge in [0.2, 0.25) is 0 Å². The lowest BCUT2D eigenvalue weighted by atomic mass is 9.37. The monoisotopic (exact) mass is 576 g/mol. The Morgan fingerprint density at radius 1 is 1.07 bits per heavy atom. The highest BCUT2D eigenvalue weighted by atomic mass is 16.7. The van der Waals surface area contributed by atoms with Crippen LogP contribution in [0.25, 0.3) is 0 Å². The molecule has 12 unspecified atom stereocenters. The van der Waals surface area contributed by atoms with Gasteiger partial charge in [-0.15, -0.1) is 0 Å². The van der Waals surface area contributed by atoms with Crippen LogP contribution in [-0.4, -0.2) is 66.7 Å². The van der Waals surface area contributed by atoms with E-state index in [1.807, 2.05) is 13.8 Å². The molecule has 4 aliphatic carbocycles. The van der Waals surface area contributed by atoms with E-state index in [0.29, 0.717) is 18.3 Å². The third kappa shape index (κ3) is 4.50. The first-order valence-electron chi connectivity index (χ1n) is 16.0. The summed E-state index contributed by atoms with van der Waals surface area (Å²) in [6.07, 6.45) is 6.74. The van der Waals surface area contributed by atoms with E-state index >= 15 is 0 Å². The first kappa shape index (κ1) is 31.4. The summed E-state index contributed by atoms with van der Waals surface area (Å²) in [6.45, 7) is 17.0. The summed E-state index contributed by atoms with van der Waals surface area (Å²) < 4.78 is 24.2. The van der Waals surface area contributed by atoms with Crippen LogP contribution < -0.4 is 0 Å². The number of aliphatic hydroxyl groups excluding tert-OH is 2. The summed E-state index contributed by atoms with van der Waals surface area (Å²) in [5.74, 6) is 0.843. The van der Waals surface area contributed by atoms with E-state index < -0.39 is 11.7 Å². The molecule has 0 aromatic heterocycles. The number of hydrogen-bond acceptors (Lipinski definition) is 7. The fourth-order valence-corrected chi connectivity index (χ4v) is 11.0. The minimum atomic E-state index is -0.765. The van der Waals surface area contributed by atoms with Crippen molar-refractivity contribution in [3.05, 3.63) is 11.6 Å². The summed E-state index contributed by atoms with van der Waals surface area (Å²) in [7, 11) is 3.33. The maximum atomic E-state index is 12.6. The lowest BCUT2D eigenvalue weighted by Gasteiger charge is -2.68. The molecule has 1 saturated heterocycles. The van der Waals surface area contributed by atoms with Crippen molar-refractivity contribution < 1.29 is 34.0 Å². The lowest BCUT2D eigenvalue weighted by molar-refractivity contribution is -0.223. The van der Waals surface area contributed by atoms with E-state index in [1.54, 1.807) is 14.2 Å². The molecular formula is C34H56O7. The second kappa shape index (κ2) is 10.3. The number of allylic oxidation sites excluding steroid dienone is 1. The van der Waals surface area contributed by atoms with Crippen LogP contribution in [-0.2, 0) is 23.7 Å². The zero-order valence-electron chi connectivity index (χ0n) is 27.2. The Hall–Kier alpha value is -0.990. The second-order valence-corrected chi connectivity index (χ2v) is 16.0. The van der Waals surface area contributed by atoms with Crippen LogP contribution in [0.5, 0.6) is 0 Å². The molecule has 5 rings (SSSR count). The first-order chi connectivity index (χ1) is 19.0. The molecule has 1 heterocycles. The van der Waals surface area contributed by atoms with Crippen molar-refractivity contribution in [1.82, 2.24) is 0 Å². The van der Waals surface area contributed by atoms with E-state index in [0.717, 1.165) is 38.5 Å². The van der Waals surface area contributed by atoms with Gasteiger partial charge in [-0.1, -0.05) is 46.3 Å². The van der Waals surface area contributed by atoms with Gasteiger partial charge in [0.1, 0.15) is 12.2 Å². The van der Waals surface area contributed by atoms with Gasteiger partial charge in [-0.2, -0.15) is 0 Å². The summed E-state index contributed by atoms with van der Waals surface area (Å²) in [5, 5.41) is 22.2. The number of carbonyl (C=O) groups excluding carboxylic acids is 1. The van der Waals surface area contributed by atoms with Crippen LogP contribution in [0.3, 0.4) is 0 Å². The average molecular weight is 577 g/mol. The van der Waals surface area contributed by atoms with Gasteiger partial charge in [0.05, 0.1) is 17.8 Å². The molecule has 7 nitrogen and oxygen atoms in total. The van der Waals surface area contributed by atoms with Crippen LogP contribution in [0.15, 0.2) is 11.6 Å². The third-order valence-corrected chi connectivity index (χ3v) is 13.5. The van der Waals surface area contributed by atoms with Gasteiger partial charge < -0.3 is 29.2 Å². The maximum Gasteiger partial charge on any atom is 0.302 e. The minimum Gasteiger partial charge on any atom is -0.462 e. The van der Waals surface area contributed by atoms with E-state index in [1.165, 1.54) is 12.5 Å². The second-order valence-electron chi connectivity index (χ2n) is 16.0. The van der Waals surface area contributed by atoms with Crippen molar-refractivity contribution in [2.24, 2.45) is 45.3 Å². The number of carbonyl (C=O) groups is 1. The fourth-order valence-electron chi connectivity index (χ4n) is 11.0. The molecule has 41 heavy (non-hydrogen) atoms. The van der Waals surface area contributed by atoms with Gasteiger partial charge in [-0.3, -0.25) is 4.79 Å². The van der Waals surface area contributed by atoms with Gasteiger partial charge in [-0.25, -0.2) is 0 Å². The summed E-state index contributed by atoms with van der Waals surface area (Å²) in [5.41, 5.74) is 0.171. The Bertz CT molecular complexity index is 1050. The molecule has 0 spiro atoms. The predicted octanol–water partition coefficient (Wildman–Crippen LogP) is 5.66. The predicted molar refractivity (Wildman–Crippen MR) is 157 cm³/mol. The van der Waals surface area contributed by atoms with Crippen LogP contribution in [0, 0.1) is 45.3 Å². The highest BCUT2D eigenvalue weighted by Gasteiger charge is 2.69. The zero-order chi connectivity index (χ0) is 30.3. The highest BCUT2D eigenvalue weighted by Crippen LogP contribution is 2.74. The molecule has 7 heteroatoms. The Morgan fingerprint density at radius 2 is 1.76 bits per heavy atom. The number of esters is 1. The molecule has 3 saturated carbocycles. The molecule has 234 valence electrons. The first-order valence-corrected chi connectivity index (χ1v) is 16.0. The van der Waals surface area contributed by atoms with Crippen molar-refractivity contribution in [2.75, 3.05) is 14.2 Å². The van der Waals surface area contributed by atoms with Crippen LogP contribution in [0.1, 0.15) is 100 Å². The number of ether oxygens (including phenoxy) is 4. The van der Waals surface area contributed by atoms with E-state index in [-0.39, 0.29) is 64.1 Å². The van der Waals surface area contributed by atoms with Crippen LogP contribution in [0.2, 0.25) is 0 Å². The Labute approximate surface area is 247 Å². The summed E-state index contributed by atoms with van der Waals surface area (Å²) >= 11 is 0. The minimum absolute atomic E-state index is 0.0564. The van der Waals surface area contributed by atoms with Gasteiger partial charge in [0.25, 0.3) is 0 Å². The number of methoxy groups -OCH3 is 2. The largest absolute Gasteiger partial charge is 0.462 e. The van der Waals surface area contributed by atoms with Crippen molar-refractivity contribution in [3.8, 4) is 0 Å². The normalized spacial score (nSPS) is 48.0. The molecule has 5 aliphatic rings. The molecule has 0 bridgehead atoms. The lowest BCUT2D eigenvalue weighted by Crippen LogP contribution is -2.66. The maximum absolute atomic E-state index is 12.6. The molecule has 2 N–H and O–H groups in total. The van der Waals surface area contributed by atoms with Gasteiger partial charge in [0, 0.05) is 32.5 Å². The van der Waals surface area contributed by atoms with Crippen molar-refractivity contribution in [3.63, 3.8) is 0 Å². The van der Waals surface area contributed by atoms with E-state index in [2.05, 4.69) is 40.7 Å². The van der Waals surface area contributed by atoms with E-state index in [4.69, 9.17) is 18.9 Å². The number of hydrogen-bond donors (Lipinski definition) is 2. The summed E-state index contributed by atoms with van der Waals surface area (Å²) in [6, 6.07) is 0. The third-order valence-electron chi connectivity index (χ3n) is 13.5. The SMILES string of the molecule is COC1OC(C(O)C(C)(C)OC)CC1C1CC=C2C1(C)CCC1C3(C)CCC(O)C(C)(C)C3CC(OC(C)=O)C21C. The van der Waals surface area contributed by atoms with Crippen molar-refractivity contribution in [2.45, 2.75) is 137 Å². The molecule has 0 amide bonds. The molecule has 1 aliphatic heterocycles. The Balaban J connectivity index is 1.50. The molecule has 4 fully saturated rings. The van der Waals surface area contributed by atoms with Gasteiger partial charge in [0.15, 0.2) is 6.29 Å². The molecule has 0 radical (unpaired) electrons. The van der Waals surface area contributed by atoms with Crippen molar-refractivity contribution >= 4 is 5.97 Å². The zero-order valence-corrected chi connectivity index (χ0v) is 27.2. The molecular weight excluding hydrogens is 520 g/mol. The van der Waals surface area contributed by atoms with Crippen molar-refractivity contribution in [1.29, 1.82) is 0 Å². The molecule has 0 aromatic carbocycles. The number of rotatable bonds is 6. The molecule has 12 atom stereocenters. The smallest absolute Gasteiger partial charge is 0.302 e. The average Bonchev–Trinajstić information content (AvgIpc) is 3.48. The number of aliphatic hydroxyl groups is 2. The number of fused-ring (bicyclic) bond motifs is 5. The topological polar surface area (TPSA) is 94.5 Å². The molecule has 0 aromatic rings. The standard InChI is InChI=1S/C34H56O7/c1-19(35)40-27-18-25-30(2,3)26(36)14-16-33(25,7)24-13-15-32(6)21(11-12-23(32)34(24,27)8)20-17-22(41-29(20)38-9)28(37)31(4,5)39-10/h12,20-22,24-29,36-37H,11,13-18H2,1-10H3. The quantitative estimate of drug-likeness (QED) is 0.311. The summed E-state index contributed by atoms with van der Waals surface area (Å²) in [4.78, 5) is 12.6. The van der Waals surface area contributed by atoms with Crippen LogP contribution >= 0.6 is 0 Å².